The highest BCUT2D eigenvalue weighted by atomic mass is 32.2. The quantitative estimate of drug-likeness (QED) is 0.243. The molecular formula is C25H20FNO3S2. The van der Waals surface area contributed by atoms with Gasteiger partial charge in [-0.1, -0.05) is 48.2 Å². The monoisotopic (exact) mass is 465 g/mol. The Morgan fingerprint density at radius 2 is 1.66 bits per heavy atom. The molecule has 162 valence electrons. The number of thioether (sulfide) groups is 1. The second-order valence-corrected chi connectivity index (χ2v) is 8.75. The SMILES string of the molecule is Cc1cccc(OCCOc2ccc(/C=C3\SC(=S)N(c4ccc(F)cc4)C3=O)cc2)c1. The van der Waals surface area contributed by atoms with Crippen LogP contribution in [0.2, 0.25) is 0 Å². The number of benzene rings is 3. The number of aryl methyl sites for hydroxylation is 1. The molecule has 0 unspecified atom stereocenters. The lowest BCUT2D eigenvalue weighted by atomic mass is 10.2. The Hall–Kier alpha value is -3.16. The predicted molar refractivity (Wildman–Crippen MR) is 131 cm³/mol. The van der Waals surface area contributed by atoms with E-state index in [1.807, 2.05) is 55.5 Å². The van der Waals surface area contributed by atoms with Crippen LogP contribution in [0.15, 0.2) is 77.7 Å². The number of rotatable bonds is 7. The van der Waals surface area contributed by atoms with Gasteiger partial charge in [0.05, 0.1) is 10.6 Å². The summed E-state index contributed by atoms with van der Waals surface area (Å²) < 4.78 is 25.0. The third kappa shape index (κ3) is 5.36. The zero-order valence-electron chi connectivity index (χ0n) is 17.3. The van der Waals surface area contributed by atoms with Crippen molar-refractivity contribution in [1.29, 1.82) is 0 Å². The zero-order valence-corrected chi connectivity index (χ0v) is 18.9. The summed E-state index contributed by atoms with van der Waals surface area (Å²) in [6.45, 7) is 2.88. The van der Waals surface area contributed by atoms with Crippen molar-refractivity contribution >= 4 is 46.0 Å². The average molecular weight is 466 g/mol. The van der Waals surface area contributed by atoms with Crippen molar-refractivity contribution in [2.75, 3.05) is 18.1 Å². The summed E-state index contributed by atoms with van der Waals surface area (Å²) >= 11 is 6.57. The summed E-state index contributed by atoms with van der Waals surface area (Å²) in [4.78, 5) is 14.7. The summed E-state index contributed by atoms with van der Waals surface area (Å²) in [5, 5.41) is 0. The van der Waals surface area contributed by atoms with Crippen molar-refractivity contribution in [3.05, 3.63) is 94.6 Å². The highest BCUT2D eigenvalue weighted by molar-refractivity contribution is 8.27. The fourth-order valence-electron chi connectivity index (χ4n) is 3.12. The van der Waals surface area contributed by atoms with E-state index in [9.17, 15) is 9.18 Å². The standard InChI is InChI=1S/C25H20FNO3S2/c1-17-3-2-4-22(15-17)30-14-13-29-21-11-5-18(6-12-21)16-23-24(28)27(25(31)32-23)20-9-7-19(26)8-10-20/h2-12,15-16H,13-14H2,1H3/b23-16-. The maximum Gasteiger partial charge on any atom is 0.270 e. The molecule has 1 heterocycles. The Balaban J connectivity index is 1.34. The third-order valence-corrected chi connectivity index (χ3v) is 5.97. The lowest BCUT2D eigenvalue weighted by Crippen LogP contribution is -2.27. The van der Waals surface area contributed by atoms with Crippen molar-refractivity contribution in [2.45, 2.75) is 6.92 Å². The Bertz CT molecular complexity index is 1160. The number of hydrogen-bond donors (Lipinski definition) is 0. The molecule has 1 aliphatic heterocycles. The maximum absolute atomic E-state index is 13.2. The van der Waals surface area contributed by atoms with Crippen LogP contribution in [0.1, 0.15) is 11.1 Å². The van der Waals surface area contributed by atoms with E-state index < -0.39 is 0 Å². The second kappa shape index (κ2) is 9.97. The molecule has 3 aromatic rings. The van der Waals surface area contributed by atoms with E-state index in [-0.39, 0.29) is 11.7 Å². The van der Waals surface area contributed by atoms with Crippen molar-refractivity contribution in [3.8, 4) is 11.5 Å². The topological polar surface area (TPSA) is 38.8 Å². The summed E-state index contributed by atoms with van der Waals surface area (Å²) in [5.41, 5.74) is 2.55. The minimum absolute atomic E-state index is 0.222. The average Bonchev–Trinajstić information content (AvgIpc) is 3.06. The first-order valence-corrected chi connectivity index (χ1v) is 11.2. The number of amides is 1. The van der Waals surface area contributed by atoms with Crippen LogP contribution in [-0.2, 0) is 4.79 Å². The normalized spacial score (nSPS) is 14.8. The molecule has 4 nitrogen and oxygen atoms in total. The molecule has 0 bridgehead atoms. The number of ether oxygens (including phenoxy) is 2. The van der Waals surface area contributed by atoms with Crippen LogP contribution in [0.4, 0.5) is 10.1 Å². The third-order valence-electron chi connectivity index (χ3n) is 4.67. The van der Waals surface area contributed by atoms with Gasteiger partial charge in [-0.25, -0.2) is 4.39 Å². The molecule has 1 aliphatic rings. The summed E-state index contributed by atoms with van der Waals surface area (Å²) in [6, 6.07) is 21.0. The van der Waals surface area contributed by atoms with E-state index >= 15 is 0 Å². The molecule has 0 aromatic heterocycles. The number of halogens is 1. The van der Waals surface area contributed by atoms with Crippen LogP contribution in [0.25, 0.3) is 6.08 Å². The Morgan fingerprint density at radius 1 is 0.969 bits per heavy atom. The smallest absolute Gasteiger partial charge is 0.270 e. The number of carbonyl (C=O) groups excluding carboxylic acids is 1. The number of carbonyl (C=O) groups is 1. The minimum atomic E-state index is -0.362. The van der Waals surface area contributed by atoms with Gasteiger partial charge < -0.3 is 9.47 Å². The molecule has 4 rings (SSSR count). The Morgan fingerprint density at radius 3 is 2.34 bits per heavy atom. The number of hydrogen-bond acceptors (Lipinski definition) is 5. The minimum Gasteiger partial charge on any atom is -0.490 e. The number of nitrogens with zero attached hydrogens (tertiary/aromatic N) is 1. The van der Waals surface area contributed by atoms with Crippen molar-refractivity contribution in [2.24, 2.45) is 0 Å². The molecule has 1 fully saturated rings. The second-order valence-electron chi connectivity index (χ2n) is 7.08. The van der Waals surface area contributed by atoms with Gasteiger partial charge >= 0.3 is 0 Å². The fraction of sp³-hybridized carbons (Fsp3) is 0.120. The van der Waals surface area contributed by atoms with E-state index in [2.05, 4.69) is 0 Å². The Kier molecular flexibility index (Phi) is 6.87. The Labute approximate surface area is 195 Å². The largest absolute Gasteiger partial charge is 0.490 e. The molecule has 0 aliphatic carbocycles. The van der Waals surface area contributed by atoms with Crippen LogP contribution < -0.4 is 14.4 Å². The van der Waals surface area contributed by atoms with Gasteiger partial charge in [-0.2, -0.15) is 0 Å². The van der Waals surface area contributed by atoms with E-state index in [0.717, 1.165) is 16.9 Å². The van der Waals surface area contributed by atoms with Gasteiger partial charge in [0.15, 0.2) is 4.32 Å². The highest BCUT2D eigenvalue weighted by Crippen LogP contribution is 2.36. The van der Waals surface area contributed by atoms with Gasteiger partial charge in [-0.3, -0.25) is 9.69 Å². The molecule has 0 radical (unpaired) electrons. The van der Waals surface area contributed by atoms with Gasteiger partial charge in [0.1, 0.15) is 30.5 Å². The molecule has 1 saturated heterocycles. The van der Waals surface area contributed by atoms with Crippen molar-refractivity contribution in [3.63, 3.8) is 0 Å². The first kappa shape index (κ1) is 22.0. The van der Waals surface area contributed by atoms with E-state index in [0.29, 0.717) is 33.9 Å². The van der Waals surface area contributed by atoms with Gasteiger partial charge in [-0.15, -0.1) is 0 Å². The molecule has 32 heavy (non-hydrogen) atoms. The fourth-order valence-corrected chi connectivity index (χ4v) is 4.42. The molecule has 0 saturated carbocycles. The molecule has 1 amide bonds. The van der Waals surface area contributed by atoms with Crippen LogP contribution in [0.5, 0.6) is 11.5 Å². The summed E-state index contributed by atoms with van der Waals surface area (Å²) in [7, 11) is 0. The summed E-state index contributed by atoms with van der Waals surface area (Å²) in [6.07, 6.45) is 1.79. The van der Waals surface area contributed by atoms with Gasteiger partial charge in [-0.05, 0) is 72.7 Å². The number of thiocarbonyl (C=S) groups is 1. The lowest BCUT2D eigenvalue weighted by Gasteiger charge is -2.14. The van der Waals surface area contributed by atoms with E-state index in [1.54, 1.807) is 6.08 Å². The molecule has 0 atom stereocenters. The molecule has 0 spiro atoms. The van der Waals surface area contributed by atoms with Gasteiger partial charge in [0, 0.05) is 0 Å². The molecule has 7 heteroatoms. The maximum atomic E-state index is 13.2. The lowest BCUT2D eigenvalue weighted by molar-refractivity contribution is -0.113. The van der Waals surface area contributed by atoms with Gasteiger partial charge in [0.2, 0.25) is 0 Å². The van der Waals surface area contributed by atoms with E-state index in [1.165, 1.54) is 40.9 Å². The first-order valence-electron chi connectivity index (χ1n) is 9.95. The van der Waals surface area contributed by atoms with Crippen LogP contribution in [0, 0.1) is 12.7 Å². The van der Waals surface area contributed by atoms with Crippen molar-refractivity contribution in [1.82, 2.24) is 0 Å². The van der Waals surface area contributed by atoms with Crippen molar-refractivity contribution < 1.29 is 18.7 Å². The zero-order chi connectivity index (χ0) is 22.5. The summed E-state index contributed by atoms with van der Waals surface area (Å²) in [5.74, 6) is 0.953. The van der Waals surface area contributed by atoms with Crippen LogP contribution in [-0.4, -0.2) is 23.4 Å². The molecular weight excluding hydrogens is 445 g/mol. The highest BCUT2D eigenvalue weighted by Gasteiger charge is 2.33. The van der Waals surface area contributed by atoms with Crippen LogP contribution >= 0.6 is 24.0 Å². The van der Waals surface area contributed by atoms with Crippen LogP contribution in [0.3, 0.4) is 0 Å². The van der Waals surface area contributed by atoms with E-state index in [4.69, 9.17) is 21.7 Å². The first-order chi connectivity index (χ1) is 15.5. The predicted octanol–water partition coefficient (Wildman–Crippen LogP) is 6.00. The molecule has 0 N–H and O–H groups in total. The molecule has 3 aromatic carbocycles. The van der Waals surface area contributed by atoms with Gasteiger partial charge in [0.25, 0.3) is 5.91 Å². The number of anilines is 1.